The highest BCUT2D eigenvalue weighted by Crippen LogP contribution is 2.17. The Morgan fingerprint density at radius 2 is 2.04 bits per heavy atom. The number of esters is 1. The van der Waals surface area contributed by atoms with Crippen molar-refractivity contribution in [2.75, 3.05) is 26.0 Å². The standard InChI is InChI=1S/C17H18N2O5S2/c1-19(2)26(22,23)15-5-3-4-14(10-15)18-16(20)11-24-17(21)7-6-13-8-9-25-12-13/h3-10,12H,11H2,1-2H3,(H,18,20)/b7-6+. The van der Waals surface area contributed by atoms with E-state index in [1.54, 1.807) is 12.1 Å². The maximum absolute atomic E-state index is 12.1. The average molecular weight is 394 g/mol. The fraction of sp³-hybridized carbons (Fsp3) is 0.176. The summed E-state index contributed by atoms with van der Waals surface area (Å²) in [6, 6.07) is 7.67. The molecule has 0 bridgehead atoms. The van der Waals surface area contributed by atoms with Crippen molar-refractivity contribution in [2.24, 2.45) is 0 Å². The number of benzene rings is 1. The molecule has 0 atom stereocenters. The van der Waals surface area contributed by atoms with Crippen LogP contribution in [0.5, 0.6) is 0 Å². The third-order valence-electron chi connectivity index (χ3n) is 3.20. The molecule has 9 heteroatoms. The minimum Gasteiger partial charge on any atom is -0.452 e. The van der Waals surface area contributed by atoms with E-state index < -0.39 is 28.5 Å². The number of sulfonamides is 1. The van der Waals surface area contributed by atoms with Crippen LogP contribution >= 0.6 is 11.3 Å². The van der Waals surface area contributed by atoms with Crippen LogP contribution < -0.4 is 5.32 Å². The van der Waals surface area contributed by atoms with E-state index in [0.29, 0.717) is 5.69 Å². The molecule has 1 aromatic heterocycles. The first-order valence-corrected chi connectivity index (χ1v) is 9.87. The summed E-state index contributed by atoms with van der Waals surface area (Å²) in [4.78, 5) is 23.5. The molecule has 1 N–H and O–H groups in total. The van der Waals surface area contributed by atoms with Crippen molar-refractivity contribution < 1.29 is 22.7 Å². The van der Waals surface area contributed by atoms with Crippen molar-refractivity contribution in [3.8, 4) is 0 Å². The van der Waals surface area contributed by atoms with Crippen molar-refractivity contribution in [3.05, 3.63) is 52.7 Å². The van der Waals surface area contributed by atoms with E-state index in [-0.39, 0.29) is 4.90 Å². The number of nitrogens with zero attached hydrogens (tertiary/aromatic N) is 1. The maximum Gasteiger partial charge on any atom is 0.331 e. The number of thiophene rings is 1. The maximum atomic E-state index is 12.1. The molecule has 0 aliphatic heterocycles. The summed E-state index contributed by atoms with van der Waals surface area (Å²) in [6.45, 7) is -0.475. The summed E-state index contributed by atoms with van der Waals surface area (Å²) < 4.78 is 30.1. The van der Waals surface area contributed by atoms with Crippen LogP contribution in [0.25, 0.3) is 6.08 Å². The van der Waals surface area contributed by atoms with Crippen molar-refractivity contribution in [3.63, 3.8) is 0 Å². The Morgan fingerprint density at radius 3 is 2.69 bits per heavy atom. The molecular formula is C17H18N2O5S2. The van der Waals surface area contributed by atoms with E-state index >= 15 is 0 Å². The van der Waals surface area contributed by atoms with Gasteiger partial charge in [0.1, 0.15) is 0 Å². The highest BCUT2D eigenvalue weighted by Gasteiger charge is 2.17. The van der Waals surface area contributed by atoms with Gasteiger partial charge in [0.15, 0.2) is 6.61 Å². The molecule has 26 heavy (non-hydrogen) atoms. The highest BCUT2D eigenvalue weighted by molar-refractivity contribution is 7.89. The molecule has 0 spiro atoms. The molecule has 1 heterocycles. The van der Waals surface area contributed by atoms with Gasteiger partial charge >= 0.3 is 5.97 Å². The fourth-order valence-corrected chi connectivity index (χ4v) is 3.44. The number of rotatable bonds is 7. The van der Waals surface area contributed by atoms with Gasteiger partial charge in [-0.2, -0.15) is 11.3 Å². The van der Waals surface area contributed by atoms with Gasteiger partial charge in [-0.25, -0.2) is 17.5 Å². The minimum atomic E-state index is -3.60. The van der Waals surface area contributed by atoms with Gasteiger partial charge in [0.2, 0.25) is 10.0 Å². The van der Waals surface area contributed by atoms with E-state index in [2.05, 4.69) is 5.32 Å². The lowest BCUT2D eigenvalue weighted by atomic mass is 10.3. The normalized spacial score (nSPS) is 11.7. The monoisotopic (exact) mass is 394 g/mol. The first-order valence-electron chi connectivity index (χ1n) is 7.48. The first-order chi connectivity index (χ1) is 12.3. The number of nitrogens with one attached hydrogen (secondary N) is 1. The predicted molar refractivity (Wildman–Crippen MR) is 100 cm³/mol. The highest BCUT2D eigenvalue weighted by atomic mass is 32.2. The van der Waals surface area contributed by atoms with Gasteiger partial charge in [0, 0.05) is 25.9 Å². The number of carbonyl (C=O) groups excluding carboxylic acids is 2. The quantitative estimate of drug-likeness (QED) is 0.574. The second-order valence-corrected chi connectivity index (χ2v) is 8.29. The SMILES string of the molecule is CN(C)S(=O)(=O)c1cccc(NC(=O)COC(=O)/C=C/c2ccsc2)c1. The predicted octanol–water partition coefficient (Wildman–Crippen LogP) is 2.19. The number of ether oxygens (including phenoxy) is 1. The van der Waals surface area contributed by atoms with Gasteiger partial charge in [-0.15, -0.1) is 0 Å². The van der Waals surface area contributed by atoms with Gasteiger partial charge in [-0.3, -0.25) is 4.79 Å². The van der Waals surface area contributed by atoms with Crippen molar-refractivity contribution in [1.29, 1.82) is 0 Å². The number of hydrogen-bond acceptors (Lipinski definition) is 6. The van der Waals surface area contributed by atoms with Crippen LogP contribution in [-0.2, 0) is 24.3 Å². The van der Waals surface area contributed by atoms with Crippen LogP contribution in [0.1, 0.15) is 5.56 Å². The lowest BCUT2D eigenvalue weighted by Gasteiger charge is -2.12. The fourth-order valence-electron chi connectivity index (χ4n) is 1.86. The van der Waals surface area contributed by atoms with Crippen LogP contribution in [-0.4, -0.2) is 45.3 Å². The third kappa shape index (κ3) is 5.51. The van der Waals surface area contributed by atoms with Crippen LogP contribution in [0.15, 0.2) is 52.1 Å². The average Bonchev–Trinajstić information content (AvgIpc) is 3.12. The Kier molecular flexibility index (Phi) is 6.67. The van der Waals surface area contributed by atoms with Crippen molar-refractivity contribution >= 4 is 45.0 Å². The lowest BCUT2D eigenvalue weighted by Crippen LogP contribution is -2.23. The number of amides is 1. The summed E-state index contributed by atoms with van der Waals surface area (Å²) in [6.07, 6.45) is 2.83. The Morgan fingerprint density at radius 1 is 1.27 bits per heavy atom. The van der Waals surface area contributed by atoms with E-state index in [1.807, 2.05) is 16.8 Å². The van der Waals surface area contributed by atoms with Gasteiger partial charge < -0.3 is 10.1 Å². The largest absolute Gasteiger partial charge is 0.452 e. The molecular weight excluding hydrogens is 376 g/mol. The first kappa shape index (κ1) is 19.8. The zero-order chi connectivity index (χ0) is 19.2. The molecule has 1 amide bonds. The lowest BCUT2D eigenvalue weighted by molar-refractivity contribution is -0.142. The van der Waals surface area contributed by atoms with Crippen molar-refractivity contribution in [1.82, 2.24) is 4.31 Å². The molecule has 0 aliphatic carbocycles. The van der Waals surface area contributed by atoms with E-state index in [1.165, 1.54) is 49.7 Å². The van der Waals surface area contributed by atoms with Gasteiger partial charge in [-0.1, -0.05) is 6.07 Å². The topological polar surface area (TPSA) is 92.8 Å². The van der Waals surface area contributed by atoms with Gasteiger partial charge in [0.05, 0.1) is 4.90 Å². The smallest absolute Gasteiger partial charge is 0.331 e. The molecule has 138 valence electrons. The van der Waals surface area contributed by atoms with Gasteiger partial charge in [0.25, 0.3) is 5.91 Å². The van der Waals surface area contributed by atoms with Crippen molar-refractivity contribution in [2.45, 2.75) is 4.90 Å². The van der Waals surface area contributed by atoms with Crippen LogP contribution in [0.4, 0.5) is 5.69 Å². The zero-order valence-electron chi connectivity index (χ0n) is 14.2. The van der Waals surface area contributed by atoms with E-state index in [9.17, 15) is 18.0 Å². The zero-order valence-corrected chi connectivity index (χ0v) is 15.8. The molecule has 0 aliphatic rings. The molecule has 0 saturated carbocycles. The summed E-state index contributed by atoms with van der Waals surface area (Å²) in [7, 11) is -0.761. The second-order valence-electron chi connectivity index (χ2n) is 5.36. The summed E-state index contributed by atoms with van der Waals surface area (Å²) in [5, 5.41) is 6.24. The molecule has 2 rings (SSSR count). The second kappa shape index (κ2) is 8.75. The molecule has 0 saturated heterocycles. The van der Waals surface area contributed by atoms with E-state index in [0.717, 1.165) is 9.87 Å². The summed E-state index contributed by atoms with van der Waals surface area (Å²) in [5.74, 6) is -1.21. The molecule has 2 aromatic rings. The molecule has 7 nitrogen and oxygen atoms in total. The third-order valence-corrected chi connectivity index (χ3v) is 5.71. The van der Waals surface area contributed by atoms with Crippen LogP contribution in [0, 0.1) is 0 Å². The molecule has 0 unspecified atom stereocenters. The number of carbonyl (C=O) groups is 2. The summed E-state index contributed by atoms with van der Waals surface area (Å²) >= 11 is 1.50. The Hall–Kier alpha value is -2.49. The van der Waals surface area contributed by atoms with Gasteiger partial charge in [-0.05, 0) is 46.7 Å². The van der Waals surface area contributed by atoms with E-state index in [4.69, 9.17) is 4.74 Å². The number of hydrogen-bond donors (Lipinski definition) is 1. The Bertz CT molecular complexity index is 903. The molecule has 1 aromatic carbocycles. The Balaban J connectivity index is 1.91. The number of anilines is 1. The molecule has 0 radical (unpaired) electrons. The Labute approximate surface area is 156 Å². The van der Waals surface area contributed by atoms with Crippen LogP contribution in [0.2, 0.25) is 0 Å². The van der Waals surface area contributed by atoms with Crippen LogP contribution in [0.3, 0.4) is 0 Å². The summed E-state index contributed by atoms with van der Waals surface area (Å²) in [5.41, 5.74) is 1.16. The molecule has 0 fully saturated rings. The minimum absolute atomic E-state index is 0.0518.